The molecule has 1 atom stereocenters. The Morgan fingerprint density at radius 1 is 1.33 bits per heavy atom. The summed E-state index contributed by atoms with van der Waals surface area (Å²) in [6.45, 7) is 4.10. The third-order valence-corrected chi connectivity index (χ3v) is 4.06. The Labute approximate surface area is 141 Å². The van der Waals surface area contributed by atoms with Crippen LogP contribution in [-0.2, 0) is 4.74 Å². The maximum Gasteiger partial charge on any atom is 0.270 e. The molecule has 1 aromatic carbocycles. The van der Waals surface area contributed by atoms with E-state index in [0.717, 1.165) is 31.7 Å². The summed E-state index contributed by atoms with van der Waals surface area (Å²) in [5, 5.41) is 2.89. The van der Waals surface area contributed by atoms with Gasteiger partial charge in [-0.15, -0.1) is 0 Å². The Balaban J connectivity index is 1.71. The fraction of sp³-hybridized carbons (Fsp3) is 0.389. The largest absolute Gasteiger partial charge is 0.376 e. The van der Waals surface area contributed by atoms with Crippen LogP contribution in [0.4, 0.5) is 11.5 Å². The van der Waals surface area contributed by atoms with Crippen molar-refractivity contribution in [2.45, 2.75) is 25.9 Å². The molecule has 0 aliphatic carbocycles. The number of nitrogens with zero attached hydrogens (tertiary/aromatic N) is 3. The summed E-state index contributed by atoms with van der Waals surface area (Å²) in [7, 11) is 0. The second kappa shape index (κ2) is 7.88. The molecule has 1 aromatic heterocycles. The Morgan fingerprint density at radius 3 is 2.88 bits per heavy atom. The van der Waals surface area contributed by atoms with Gasteiger partial charge in [0.15, 0.2) is 0 Å². The number of nitrogens with one attached hydrogen (secondary N) is 1. The molecule has 1 amide bonds. The number of hydrogen-bond donors (Lipinski definition) is 1. The minimum atomic E-state index is -0.196. The average molecular weight is 326 g/mol. The first kappa shape index (κ1) is 16.4. The third kappa shape index (κ3) is 3.89. The monoisotopic (exact) mass is 326 g/mol. The Morgan fingerprint density at radius 2 is 2.17 bits per heavy atom. The molecule has 1 saturated heterocycles. The van der Waals surface area contributed by atoms with Gasteiger partial charge in [-0.1, -0.05) is 18.2 Å². The molecule has 1 aliphatic heterocycles. The van der Waals surface area contributed by atoms with E-state index in [2.05, 4.69) is 15.3 Å². The van der Waals surface area contributed by atoms with Crippen molar-refractivity contribution >= 4 is 17.4 Å². The van der Waals surface area contributed by atoms with Crippen molar-refractivity contribution in [1.82, 2.24) is 15.3 Å². The van der Waals surface area contributed by atoms with Gasteiger partial charge in [0.1, 0.15) is 17.8 Å². The highest BCUT2D eigenvalue weighted by atomic mass is 16.5. The number of carbonyl (C=O) groups excluding carboxylic acids is 1. The zero-order chi connectivity index (χ0) is 16.8. The molecule has 126 valence electrons. The number of para-hydroxylation sites is 1. The third-order valence-electron chi connectivity index (χ3n) is 4.06. The maximum absolute atomic E-state index is 12.3. The van der Waals surface area contributed by atoms with Crippen LogP contribution in [0.15, 0.2) is 42.7 Å². The highest BCUT2D eigenvalue weighted by Gasteiger charge is 2.18. The number of rotatable bonds is 6. The second-order valence-corrected chi connectivity index (χ2v) is 5.69. The first-order valence-electron chi connectivity index (χ1n) is 8.32. The molecule has 1 fully saturated rings. The summed E-state index contributed by atoms with van der Waals surface area (Å²) < 4.78 is 5.52. The van der Waals surface area contributed by atoms with Gasteiger partial charge in [-0.3, -0.25) is 4.79 Å². The van der Waals surface area contributed by atoms with Gasteiger partial charge in [-0.2, -0.15) is 0 Å². The van der Waals surface area contributed by atoms with Gasteiger partial charge in [0.2, 0.25) is 0 Å². The van der Waals surface area contributed by atoms with E-state index in [1.165, 1.54) is 6.33 Å². The van der Waals surface area contributed by atoms with Crippen molar-refractivity contribution in [3.8, 4) is 0 Å². The van der Waals surface area contributed by atoms with Crippen molar-refractivity contribution in [2.24, 2.45) is 0 Å². The minimum absolute atomic E-state index is 0.117. The van der Waals surface area contributed by atoms with E-state index >= 15 is 0 Å². The lowest BCUT2D eigenvalue weighted by Crippen LogP contribution is -2.32. The van der Waals surface area contributed by atoms with E-state index in [4.69, 9.17) is 4.74 Å². The predicted molar refractivity (Wildman–Crippen MR) is 92.5 cm³/mol. The van der Waals surface area contributed by atoms with Crippen LogP contribution in [0.25, 0.3) is 0 Å². The van der Waals surface area contributed by atoms with E-state index in [9.17, 15) is 4.79 Å². The topological polar surface area (TPSA) is 67.4 Å². The van der Waals surface area contributed by atoms with Crippen LogP contribution in [0.5, 0.6) is 0 Å². The molecule has 0 radical (unpaired) electrons. The molecule has 1 unspecified atom stereocenters. The van der Waals surface area contributed by atoms with Gasteiger partial charge in [-0.25, -0.2) is 9.97 Å². The molecule has 0 spiro atoms. The summed E-state index contributed by atoms with van der Waals surface area (Å²) in [6.07, 6.45) is 3.60. The lowest BCUT2D eigenvalue weighted by Gasteiger charge is -2.22. The van der Waals surface area contributed by atoms with Gasteiger partial charge in [0.05, 0.1) is 6.10 Å². The summed E-state index contributed by atoms with van der Waals surface area (Å²) in [5.74, 6) is 0.513. The number of anilines is 2. The van der Waals surface area contributed by atoms with E-state index in [1.54, 1.807) is 6.07 Å². The smallest absolute Gasteiger partial charge is 0.270 e. The molecule has 0 bridgehead atoms. The van der Waals surface area contributed by atoms with Crippen molar-refractivity contribution in [2.75, 3.05) is 24.6 Å². The predicted octanol–water partition coefficient (Wildman–Crippen LogP) is 2.54. The van der Waals surface area contributed by atoms with Crippen molar-refractivity contribution in [3.05, 3.63) is 48.4 Å². The van der Waals surface area contributed by atoms with Crippen LogP contribution in [0, 0.1) is 0 Å². The highest BCUT2D eigenvalue weighted by Crippen LogP contribution is 2.22. The first-order chi connectivity index (χ1) is 11.8. The fourth-order valence-corrected chi connectivity index (χ4v) is 2.81. The van der Waals surface area contributed by atoms with Crippen LogP contribution in [0.1, 0.15) is 30.3 Å². The molecule has 6 nitrogen and oxygen atoms in total. The first-order valence-corrected chi connectivity index (χ1v) is 8.32. The minimum Gasteiger partial charge on any atom is -0.376 e. The van der Waals surface area contributed by atoms with Crippen LogP contribution < -0.4 is 10.2 Å². The lowest BCUT2D eigenvalue weighted by atomic mass is 10.2. The van der Waals surface area contributed by atoms with Gasteiger partial charge < -0.3 is 15.0 Å². The molecule has 0 saturated carbocycles. The Kier molecular flexibility index (Phi) is 5.38. The van der Waals surface area contributed by atoms with Gasteiger partial charge >= 0.3 is 0 Å². The normalized spacial score (nSPS) is 16.8. The number of amides is 1. The molecule has 1 N–H and O–H groups in total. The van der Waals surface area contributed by atoms with E-state index in [-0.39, 0.29) is 12.0 Å². The molecular formula is C18H22N4O2. The second-order valence-electron chi connectivity index (χ2n) is 5.69. The summed E-state index contributed by atoms with van der Waals surface area (Å²) in [6, 6.07) is 11.7. The number of ether oxygens (including phenoxy) is 1. The quantitative estimate of drug-likeness (QED) is 0.883. The van der Waals surface area contributed by atoms with Gasteiger partial charge in [-0.05, 0) is 31.9 Å². The molecule has 24 heavy (non-hydrogen) atoms. The van der Waals surface area contributed by atoms with Gasteiger partial charge in [0, 0.05) is 31.5 Å². The van der Waals surface area contributed by atoms with Crippen molar-refractivity contribution in [1.29, 1.82) is 0 Å². The number of benzene rings is 1. The number of aromatic nitrogens is 2. The Bertz CT molecular complexity index is 672. The fourth-order valence-electron chi connectivity index (χ4n) is 2.81. The average Bonchev–Trinajstić information content (AvgIpc) is 3.15. The molecule has 3 rings (SSSR count). The van der Waals surface area contributed by atoms with Crippen LogP contribution in [0.3, 0.4) is 0 Å². The SMILES string of the molecule is CCN(c1ccccc1)c1cc(C(=O)NCC2CCCO2)ncn1. The highest BCUT2D eigenvalue weighted by molar-refractivity contribution is 5.93. The van der Waals surface area contributed by atoms with Gasteiger partial charge in [0.25, 0.3) is 5.91 Å². The van der Waals surface area contributed by atoms with Crippen LogP contribution >= 0.6 is 0 Å². The standard InChI is InChI=1S/C18H22N4O2/c1-2-22(14-7-4-3-5-8-14)17-11-16(20-13-21-17)18(23)19-12-15-9-6-10-24-15/h3-5,7-8,11,13,15H,2,6,9-10,12H2,1H3,(H,19,23). The molecule has 2 aromatic rings. The lowest BCUT2D eigenvalue weighted by molar-refractivity contribution is 0.0853. The summed E-state index contributed by atoms with van der Waals surface area (Å²) in [4.78, 5) is 22.8. The number of hydrogen-bond acceptors (Lipinski definition) is 5. The Hall–Kier alpha value is -2.47. The molecule has 6 heteroatoms. The molecule has 2 heterocycles. The molecular weight excluding hydrogens is 304 g/mol. The summed E-state index contributed by atoms with van der Waals surface area (Å²) >= 11 is 0. The maximum atomic E-state index is 12.3. The number of carbonyl (C=O) groups is 1. The summed E-state index contributed by atoms with van der Waals surface area (Å²) in [5.41, 5.74) is 1.40. The zero-order valence-electron chi connectivity index (χ0n) is 13.8. The zero-order valence-corrected chi connectivity index (χ0v) is 13.8. The molecule has 1 aliphatic rings. The van der Waals surface area contributed by atoms with Crippen LogP contribution in [0.2, 0.25) is 0 Å². The van der Waals surface area contributed by atoms with Crippen LogP contribution in [-0.4, -0.2) is 41.7 Å². The van der Waals surface area contributed by atoms with Crippen molar-refractivity contribution < 1.29 is 9.53 Å². The van der Waals surface area contributed by atoms with E-state index in [0.29, 0.717) is 18.1 Å². The van der Waals surface area contributed by atoms with E-state index in [1.807, 2.05) is 42.2 Å². The van der Waals surface area contributed by atoms with Crippen molar-refractivity contribution in [3.63, 3.8) is 0 Å². The van der Waals surface area contributed by atoms with E-state index < -0.39 is 0 Å².